The van der Waals surface area contributed by atoms with Crippen LogP contribution in [0.4, 0.5) is 0 Å². The molecule has 0 aromatic rings. The van der Waals surface area contributed by atoms with Crippen LogP contribution in [-0.4, -0.2) is 37.1 Å². The third-order valence-electron chi connectivity index (χ3n) is 2.18. The van der Waals surface area contributed by atoms with E-state index in [4.69, 9.17) is 4.74 Å². The number of amides is 1. The molecule has 20 heavy (non-hydrogen) atoms. The summed E-state index contributed by atoms with van der Waals surface area (Å²) in [5.41, 5.74) is -0.498. The van der Waals surface area contributed by atoms with E-state index in [-0.39, 0.29) is 25.2 Å². The van der Waals surface area contributed by atoms with Gasteiger partial charge < -0.3 is 14.8 Å². The number of nitrogens with one attached hydrogen (secondary N) is 1. The second-order valence-electron chi connectivity index (χ2n) is 5.34. The fourth-order valence-electron chi connectivity index (χ4n) is 1.06. The number of carbonyl (C=O) groups is 3. The van der Waals surface area contributed by atoms with Crippen LogP contribution in [0.5, 0.6) is 0 Å². The molecule has 114 valence electrons. The van der Waals surface area contributed by atoms with Crippen molar-refractivity contribution in [3.8, 4) is 0 Å². The van der Waals surface area contributed by atoms with Crippen molar-refractivity contribution in [3.05, 3.63) is 12.2 Å². The predicted molar refractivity (Wildman–Crippen MR) is 73.8 cm³/mol. The fraction of sp³-hybridized carbons (Fsp3) is 0.643. The van der Waals surface area contributed by atoms with Crippen molar-refractivity contribution in [1.29, 1.82) is 0 Å². The Bertz CT molecular complexity index is 382. The molecule has 6 nitrogen and oxygen atoms in total. The Morgan fingerprint density at radius 3 is 2.05 bits per heavy atom. The normalized spacial score (nSPS) is 12.8. The zero-order valence-electron chi connectivity index (χ0n) is 12.7. The molecule has 0 heterocycles. The maximum absolute atomic E-state index is 11.7. The summed E-state index contributed by atoms with van der Waals surface area (Å²) in [6.45, 7) is 9.06. The Morgan fingerprint density at radius 1 is 1.10 bits per heavy atom. The van der Waals surface area contributed by atoms with Crippen LogP contribution in [-0.2, 0) is 23.9 Å². The number of ether oxygens (including phenoxy) is 2. The van der Waals surface area contributed by atoms with E-state index in [2.05, 4.69) is 10.1 Å². The van der Waals surface area contributed by atoms with Gasteiger partial charge in [0.1, 0.15) is 6.61 Å². The van der Waals surface area contributed by atoms with Gasteiger partial charge in [0.2, 0.25) is 5.91 Å². The first-order chi connectivity index (χ1) is 9.16. The van der Waals surface area contributed by atoms with Gasteiger partial charge in [0.15, 0.2) is 0 Å². The lowest BCUT2D eigenvalue weighted by molar-refractivity contribution is -0.141. The van der Waals surface area contributed by atoms with Crippen molar-refractivity contribution in [2.75, 3.05) is 13.2 Å². The van der Waals surface area contributed by atoms with Gasteiger partial charge in [0.05, 0.1) is 12.6 Å². The molecule has 0 rings (SSSR count). The summed E-state index contributed by atoms with van der Waals surface area (Å²) in [6.07, 6.45) is 2.00. The van der Waals surface area contributed by atoms with E-state index in [0.717, 1.165) is 12.2 Å². The van der Waals surface area contributed by atoms with Gasteiger partial charge in [-0.05, 0) is 13.8 Å². The van der Waals surface area contributed by atoms with Crippen molar-refractivity contribution in [2.45, 2.75) is 40.7 Å². The number of hydrogen-bond donors (Lipinski definition) is 1. The van der Waals surface area contributed by atoms with E-state index in [0.29, 0.717) is 0 Å². The highest BCUT2D eigenvalue weighted by Gasteiger charge is 2.22. The van der Waals surface area contributed by atoms with Gasteiger partial charge in [-0.15, -0.1) is 0 Å². The van der Waals surface area contributed by atoms with Gasteiger partial charge in [-0.1, -0.05) is 20.8 Å². The number of hydrogen-bond acceptors (Lipinski definition) is 5. The van der Waals surface area contributed by atoms with E-state index in [1.165, 1.54) is 0 Å². The quantitative estimate of drug-likeness (QED) is 0.586. The SMILES string of the molecule is CCOC(=O)/C=C/C(=O)OCC(C)NC(=O)C(C)(C)C. The molecule has 6 heteroatoms. The summed E-state index contributed by atoms with van der Waals surface area (Å²) >= 11 is 0. The molecule has 0 radical (unpaired) electrons. The van der Waals surface area contributed by atoms with Crippen molar-refractivity contribution < 1.29 is 23.9 Å². The lowest BCUT2D eigenvalue weighted by atomic mass is 9.95. The molecule has 0 fully saturated rings. The summed E-state index contributed by atoms with van der Waals surface area (Å²) in [6, 6.07) is -0.304. The molecule has 1 N–H and O–H groups in total. The van der Waals surface area contributed by atoms with E-state index < -0.39 is 17.4 Å². The zero-order valence-corrected chi connectivity index (χ0v) is 12.7. The Hall–Kier alpha value is -1.85. The Kier molecular flexibility index (Phi) is 7.57. The molecule has 1 unspecified atom stereocenters. The number of esters is 2. The zero-order chi connectivity index (χ0) is 15.8. The summed E-state index contributed by atoms with van der Waals surface area (Å²) in [5, 5.41) is 2.73. The maximum atomic E-state index is 11.7. The number of rotatable bonds is 6. The van der Waals surface area contributed by atoms with Crippen molar-refractivity contribution in [3.63, 3.8) is 0 Å². The first-order valence-electron chi connectivity index (χ1n) is 6.49. The predicted octanol–water partition coefficient (Wildman–Crippen LogP) is 1.20. The van der Waals surface area contributed by atoms with Crippen molar-refractivity contribution in [1.82, 2.24) is 5.32 Å². The molecular weight excluding hydrogens is 262 g/mol. The van der Waals surface area contributed by atoms with Gasteiger partial charge in [-0.25, -0.2) is 9.59 Å². The lowest BCUT2D eigenvalue weighted by Gasteiger charge is -2.21. The Labute approximate surface area is 119 Å². The average Bonchev–Trinajstić information content (AvgIpc) is 2.33. The molecule has 0 aliphatic heterocycles. The second-order valence-corrected chi connectivity index (χ2v) is 5.34. The highest BCUT2D eigenvalue weighted by atomic mass is 16.5. The summed E-state index contributed by atoms with van der Waals surface area (Å²) < 4.78 is 9.52. The summed E-state index contributed by atoms with van der Waals surface area (Å²) in [4.78, 5) is 34.0. The first-order valence-corrected chi connectivity index (χ1v) is 6.49. The third-order valence-corrected chi connectivity index (χ3v) is 2.18. The average molecular weight is 285 g/mol. The minimum atomic E-state index is -0.657. The molecule has 0 spiro atoms. The van der Waals surface area contributed by atoms with Crippen molar-refractivity contribution >= 4 is 17.8 Å². The first kappa shape index (κ1) is 18.1. The molecular formula is C14H23NO5. The van der Waals surface area contributed by atoms with Gasteiger partial charge >= 0.3 is 11.9 Å². The Morgan fingerprint density at radius 2 is 1.60 bits per heavy atom. The minimum Gasteiger partial charge on any atom is -0.463 e. The van der Waals surface area contributed by atoms with E-state index in [9.17, 15) is 14.4 Å². The molecule has 0 aromatic carbocycles. The van der Waals surface area contributed by atoms with Crippen LogP contribution in [0.1, 0.15) is 34.6 Å². The van der Waals surface area contributed by atoms with Gasteiger partial charge in [-0.3, -0.25) is 4.79 Å². The molecule has 0 aliphatic carbocycles. The van der Waals surface area contributed by atoms with Crippen LogP contribution >= 0.6 is 0 Å². The monoisotopic (exact) mass is 285 g/mol. The molecule has 1 amide bonds. The van der Waals surface area contributed by atoms with Gasteiger partial charge in [0.25, 0.3) is 0 Å². The highest BCUT2D eigenvalue weighted by molar-refractivity contribution is 5.91. The number of carbonyl (C=O) groups excluding carboxylic acids is 3. The van der Waals surface area contributed by atoms with Crippen LogP contribution in [0.3, 0.4) is 0 Å². The molecule has 0 saturated carbocycles. The topological polar surface area (TPSA) is 81.7 Å². The maximum Gasteiger partial charge on any atom is 0.331 e. The molecule has 0 bridgehead atoms. The van der Waals surface area contributed by atoms with E-state index in [1.807, 2.05) is 0 Å². The van der Waals surface area contributed by atoms with Crippen LogP contribution in [0.25, 0.3) is 0 Å². The summed E-state index contributed by atoms with van der Waals surface area (Å²) in [5.74, 6) is -1.38. The molecule has 1 atom stereocenters. The third kappa shape index (κ3) is 8.29. The summed E-state index contributed by atoms with van der Waals surface area (Å²) in [7, 11) is 0. The van der Waals surface area contributed by atoms with Crippen LogP contribution in [0.15, 0.2) is 12.2 Å². The van der Waals surface area contributed by atoms with Crippen LogP contribution in [0, 0.1) is 5.41 Å². The van der Waals surface area contributed by atoms with E-state index >= 15 is 0 Å². The molecule has 0 aromatic heterocycles. The van der Waals surface area contributed by atoms with Gasteiger partial charge in [0, 0.05) is 17.6 Å². The van der Waals surface area contributed by atoms with E-state index in [1.54, 1.807) is 34.6 Å². The fourth-order valence-corrected chi connectivity index (χ4v) is 1.06. The standard InChI is InChI=1S/C14H23NO5/c1-6-19-11(16)7-8-12(17)20-9-10(2)15-13(18)14(3,4)5/h7-8,10H,6,9H2,1-5H3,(H,15,18)/b8-7+. The molecule has 0 aliphatic rings. The lowest BCUT2D eigenvalue weighted by Crippen LogP contribution is -2.42. The molecule has 0 saturated heterocycles. The largest absolute Gasteiger partial charge is 0.463 e. The highest BCUT2D eigenvalue weighted by Crippen LogP contribution is 2.12. The van der Waals surface area contributed by atoms with Crippen LogP contribution in [0.2, 0.25) is 0 Å². The van der Waals surface area contributed by atoms with Crippen LogP contribution < -0.4 is 5.32 Å². The minimum absolute atomic E-state index is 0.0355. The smallest absolute Gasteiger partial charge is 0.331 e. The van der Waals surface area contributed by atoms with Crippen molar-refractivity contribution in [2.24, 2.45) is 5.41 Å². The second kappa shape index (κ2) is 8.35. The Balaban J connectivity index is 4.07. The van der Waals surface area contributed by atoms with Gasteiger partial charge in [-0.2, -0.15) is 0 Å².